The summed E-state index contributed by atoms with van der Waals surface area (Å²) >= 11 is 1.48. The van der Waals surface area contributed by atoms with Crippen LogP contribution >= 0.6 is 11.3 Å². The zero-order chi connectivity index (χ0) is 22.3. The van der Waals surface area contributed by atoms with E-state index in [1.54, 1.807) is 19.4 Å². The van der Waals surface area contributed by atoms with Crippen molar-refractivity contribution < 1.29 is 19.0 Å². The Labute approximate surface area is 190 Å². The van der Waals surface area contributed by atoms with Crippen LogP contribution in [0.15, 0.2) is 66.2 Å². The number of fused-ring (bicyclic) bond motifs is 1. The van der Waals surface area contributed by atoms with Gasteiger partial charge in [-0.3, -0.25) is 4.98 Å². The molecular formula is C25H22N2O4S. The number of carbonyl (C=O) groups excluding carboxylic acids is 1. The Bertz CT molecular complexity index is 1260. The lowest BCUT2D eigenvalue weighted by Gasteiger charge is -2.09. The number of methoxy groups -OCH3 is 1. The smallest absolute Gasteiger partial charge is 0.331 e. The summed E-state index contributed by atoms with van der Waals surface area (Å²) in [6.07, 6.45) is 4.86. The SMILES string of the molecule is CCOc1ccc(-c2nc(COC(=O)/C=C/c3cccc4cccnc34)cs2)cc1OC. The molecule has 0 unspecified atom stereocenters. The van der Waals surface area contributed by atoms with Crippen LogP contribution in [0.5, 0.6) is 11.5 Å². The molecule has 0 aliphatic carbocycles. The molecule has 4 rings (SSSR count). The number of hydrogen-bond donors (Lipinski definition) is 0. The van der Waals surface area contributed by atoms with E-state index in [9.17, 15) is 4.79 Å². The maximum Gasteiger partial charge on any atom is 0.331 e. The van der Waals surface area contributed by atoms with Crippen LogP contribution in [-0.4, -0.2) is 29.7 Å². The monoisotopic (exact) mass is 446 g/mol. The summed E-state index contributed by atoms with van der Waals surface area (Å²) in [7, 11) is 1.61. The Morgan fingerprint density at radius 3 is 2.84 bits per heavy atom. The van der Waals surface area contributed by atoms with E-state index < -0.39 is 5.97 Å². The average molecular weight is 447 g/mol. The highest BCUT2D eigenvalue weighted by Crippen LogP contribution is 2.33. The Hall–Kier alpha value is -3.71. The number of benzene rings is 2. The molecule has 0 atom stereocenters. The summed E-state index contributed by atoms with van der Waals surface area (Å²) in [6, 6.07) is 15.4. The summed E-state index contributed by atoms with van der Waals surface area (Å²) in [5.41, 5.74) is 3.30. The summed E-state index contributed by atoms with van der Waals surface area (Å²) in [5.74, 6) is 0.911. The van der Waals surface area contributed by atoms with E-state index in [-0.39, 0.29) is 6.61 Å². The van der Waals surface area contributed by atoms with Crippen LogP contribution in [0.4, 0.5) is 0 Å². The molecule has 162 valence electrons. The van der Waals surface area contributed by atoms with Gasteiger partial charge in [0.15, 0.2) is 11.5 Å². The molecule has 6 nitrogen and oxygen atoms in total. The molecule has 0 aliphatic heterocycles. The molecule has 0 aliphatic rings. The van der Waals surface area contributed by atoms with E-state index in [1.807, 2.05) is 60.8 Å². The zero-order valence-corrected chi connectivity index (χ0v) is 18.6. The predicted octanol–water partition coefficient (Wildman–Crippen LogP) is 5.52. The molecule has 0 spiro atoms. The summed E-state index contributed by atoms with van der Waals surface area (Å²) in [5, 5.41) is 3.71. The predicted molar refractivity (Wildman–Crippen MR) is 126 cm³/mol. The molecule has 2 heterocycles. The van der Waals surface area contributed by atoms with Crippen molar-refractivity contribution in [3.8, 4) is 22.1 Å². The van der Waals surface area contributed by atoms with Crippen LogP contribution in [0.25, 0.3) is 27.6 Å². The maximum atomic E-state index is 12.2. The molecule has 2 aromatic carbocycles. The van der Waals surface area contributed by atoms with Crippen molar-refractivity contribution in [2.45, 2.75) is 13.5 Å². The molecule has 4 aromatic rings. The molecule has 0 amide bonds. The lowest BCUT2D eigenvalue weighted by molar-refractivity contribution is -0.139. The van der Waals surface area contributed by atoms with Gasteiger partial charge >= 0.3 is 5.97 Å². The van der Waals surface area contributed by atoms with Gasteiger partial charge in [-0.2, -0.15) is 0 Å². The number of nitrogens with zero attached hydrogens (tertiary/aromatic N) is 2. The van der Waals surface area contributed by atoms with Gasteiger partial charge in [0.2, 0.25) is 0 Å². The number of thiazole rings is 1. The van der Waals surface area contributed by atoms with Crippen molar-refractivity contribution in [1.29, 1.82) is 0 Å². The van der Waals surface area contributed by atoms with Crippen LogP contribution in [0, 0.1) is 0 Å². The number of pyridine rings is 1. The van der Waals surface area contributed by atoms with Gasteiger partial charge in [-0.25, -0.2) is 9.78 Å². The van der Waals surface area contributed by atoms with Gasteiger partial charge in [0.1, 0.15) is 11.6 Å². The highest BCUT2D eigenvalue weighted by Gasteiger charge is 2.11. The van der Waals surface area contributed by atoms with Crippen LogP contribution in [0.3, 0.4) is 0 Å². The molecule has 7 heteroatoms. The summed E-state index contributed by atoms with van der Waals surface area (Å²) < 4.78 is 16.3. The van der Waals surface area contributed by atoms with Crippen molar-refractivity contribution in [2.75, 3.05) is 13.7 Å². The fourth-order valence-corrected chi connectivity index (χ4v) is 4.00. The number of ether oxygens (including phenoxy) is 3. The van der Waals surface area contributed by atoms with Crippen LogP contribution in [0.1, 0.15) is 18.2 Å². The van der Waals surface area contributed by atoms with E-state index in [0.29, 0.717) is 23.8 Å². The molecule has 0 N–H and O–H groups in total. The Kier molecular flexibility index (Phi) is 6.77. The fourth-order valence-electron chi connectivity index (χ4n) is 3.19. The topological polar surface area (TPSA) is 70.5 Å². The second kappa shape index (κ2) is 10.1. The molecule has 0 fully saturated rings. The Morgan fingerprint density at radius 2 is 2.00 bits per heavy atom. The molecule has 0 bridgehead atoms. The molecule has 0 saturated carbocycles. The second-order valence-corrected chi connectivity index (χ2v) is 7.66. The number of carbonyl (C=O) groups is 1. The van der Waals surface area contributed by atoms with Crippen LogP contribution in [-0.2, 0) is 16.1 Å². The highest BCUT2D eigenvalue weighted by molar-refractivity contribution is 7.13. The minimum Gasteiger partial charge on any atom is -0.493 e. The van der Waals surface area contributed by atoms with Gasteiger partial charge in [-0.05, 0) is 37.3 Å². The quantitative estimate of drug-likeness (QED) is 0.262. The first-order valence-corrected chi connectivity index (χ1v) is 11.0. The van der Waals surface area contributed by atoms with Crippen LogP contribution < -0.4 is 9.47 Å². The van der Waals surface area contributed by atoms with Crippen molar-refractivity contribution in [3.05, 3.63) is 77.4 Å². The van der Waals surface area contributed by atoms with Crippen molar-refractivity contribution in [3.63, 3.8) is 0 Å². The van der Waals surface area contributed by atoms with Gasteiger partial charge in [0, 0.05) is 34.2 Å². The zero-order valence-electron chi connectivity index (χ0n) is 17.8. The average Bonchev–Trinajstić information content (AvgIpc) is 3.31. The first-order valence-electron chi connectivity index (χ1n) is 10.1. The highest BCUT2D eigenvalue weighted by atomic mass is 32.1. The first kappa shape index (κ1) is 21.5. The standard InChI is InChI=1S/C25H22N2O4S/c1-3-30-21-11-9-19(14-22(21)29-2)25-27-20(16-32-25)15-31-23(28)12-10-18-7-4-6-17-8-5-13-26-24(17)18/h4-14,16H,3,15H2,1-2H3/b12-10+. The van der Waals surface area contributed by atoms with Crippen molar-refractivity contribution in [2.24, 2.45) is 0 Å². The Morgan fingerprint density at radius 1 is 1.12 bits per heavy atom. The van der Waals surface area contributed by atoms with E-state index in [1.165, 1.54) is 17.4 Å². The largest absolute Gasteiger partial charge is 0.493 e. The van der Waals surface area contributed by atoms with Crippen molar-refractivity contribution in [1.82, 2.24) is 9.97 Å². The maximum absolute atomic E-state index is 12.2. The molecular weight excluding hydrogens is 424 g/mol. The number of rotatable bonds is 8. The minimum atomic E-state index is -0.435. The number of para-hydroxylation sites is 1. The van der Waals surface area contributed by atoms with Gasteiger partial charge in [-0.15, -0.1) is 11.3 Å². The minimum absolute atomic E-state index is 0.0988. The summed E-state index contributed by atoms with van der Waals surface area (Å²) in [4.78, 5) is 21.2. The lowest BCUT2D eigenvalue weighted by atomic mass is 10.1. The Balaban J connectivity index is 1.40. The second-order valence-electron chi connectivity index (χ2n) is 6.81. The van der Waals surface area contributed by atoms with Gasteiger partial charge in [0.05, 0.1) is 24.9 Å². The summed E-state index contributed by atoms with van der Waals surface area (Å²) in [6.45, 7) is 2.59. The molecule has 0 saturated heterocycles. The lowest BCUT2D eigenvalue weighted by Crippen LogP contribution is -2.01. The van der Waals surface area contributed by atoms with Gasteiger partial charge in [-0.1, -0.05) is 24.3 Å². The third-order valence-corrected chi connectivity index (χ3v) is 5.63. The molecule has 32 heavy (non-hydrogen) atoms. The van der Waals surface area contributed by atoms with Crippen molar-refractivity contribution >= 4 is 34.3 Å². The third-order valence-electron chi connectivity index (χ3n) is 4.69. The normalized spacial score (nSPS) is 11.1. The van der Waals surface area contributed by atoms with Gasteiger partial charge < -0.3 is 14.2 Å². The fraction of sp³-hybridized carbons (Fsp3) is 0.160. The number of hydrogen-bond acceptors (Lipinski definition) is 7. The van der Waals surface area contributed by atoms with Crippen LogP contribution in [0.2, 0.25) is 0 Å². The molecule has 0 radical (unpaired) electrons. The van der Waals surface area contributed by atoms with E-state index in [0.717, 1.165) is 27.0 Å². The van der Waals surface area contributed by atoms with Gasteiger partial charge in [0.25, 0.3) is 0 Å². The van der Waals surface area contributed by atoms with E-state index in [2.05, 4.69) is 9.97 Å². The molecule has 2 aromatic heterocycles. The van der Waals surface area contributed by atoms with E-state index in [4.69, 9.17) is 14.2 Å². The number of aromatic nitrogens is 2. The first-order chi connectivity index (χ1) is 15.7. The number of esters is 1. The third kappa shape index (κ3) is 4.95. The van der Waals surface area contributed by atoms with E-state index >= 15 is 0 Å².